The van der Waals surface area contributed by atoms with Gasteiger partial charge in [-0.25, -0.2) is 4.98 Å². The minimum absolute atomic E-state index is 0.102. The minimum atomic E-state index is -4.84. The van der Waals surface area contributed by atoms with Gasteiger partial charge in [0.15, 0.2) is 0 Å². The molecular formula is C22H22ClF3N4O2. The van der Waals surface area contributed by atoms with Crippen LogP contribution in [-0.4, -0.2) is 34.1 Å². The molecule has 0 unspecified atom stereocenters. The molecule has 10 heteroatoms. The molecule has 1 atom stereocenters. The fraction of sp³-hybridized carbons (Fsp3) is 0.273. The highest BCUT2D eigenvalue weighted by atomic mass is 35.5. The second kappa shape index (κ2) is 10.1. The molecule has 0 saturated carbocycles. The molecule has 1 heterocycles. The minimum Gasteiger partial charge on any atom is -0.404 e. The summed E-state index contributed by atoms with van der Waals surface area (Å²) in [5.74, 6) is 0.315. The maximum Gasteiger partial charge on any atom is 0.573 e. The molecule has 0 aliphatic carbocycles. The molecule has 0 fully saturated rings. The van der Waals surface area contributed by atoms with Crippen LogP contribution in [0.2, 0.25) is 5.02 Å². The Hall–Kier alpha value is -3.04. The summed E-state index contributed by atoms with van der Waals surface area (Å²) in [5.41, 5.74) is 1.88. The normalized spacial score (nSPS) is 12.5. The summed E-state index contributed by atoms with van der Waals surface area (Å²) >= 11 is 5.94. The number of benzene rings is 2. The fourth-order valence-electron chi connectivity index (χ4n) is 2.86. The van der Waals surface area contributed by atoms with Gasteiger partial charge in [-0.05, 0) is 24.1 Å². The zero-order chi connectivity index (χ0) is 23.3. The molecule has 0 radical (unpaired) electrons. The van der Waals surface area contributed by atoms with E-state index in [1.165, 1.54) is 12.1 Å². The fourth-order valence-corrected chi connectivity index (χ4v) is 3.07. The molecule has 3 N–H and O–H groups in total. The molecule has 3 aromatic rings. The summed E-state index contributed by atoms with van der Waals surface area (Å²) in [6.07, 6.45) is -4.84. The Labute approximate surface area is 188 Å². The van der Waals surface area contributed by atoms with E-state index in [1.54, 1.807) is 6.07 Å². The molecule has 0 aliphatic heterocycles. The van der Waals surface area contributed by atoms with Gasteiger partial charge in [-0.15, -0.1) is 13.2 Å². The maximum atomic E-state index is 12.5. The van der Waals surface area contributed by atoms with Gasteiger partial charge in [0.2, 0.25) is 5.95 Å². The van der Waals surface area contributed by atoms with Gasteiger partial charge in [-0.1, -0.05) is 55.8 Å². The number of nitrogens with zero attached hydrogens (tertiary/aromatic N) is 2. The topological polar surface area (TPSA) is 79.3 Å². The van der Waals surface area contributed by atoms with Crippen molar-refractivity contribution in [3.8, 4) is 17.0 Å². The van der Waals surface area contributed by atoms with Crippen molar-refractivity contribution in [2.24, 2.45) is 5.92 Å². The van der Waals surface area contributed by atoms with Crippen LogP contribution in [0.4, 0.5) is 30.6 Å². The van der Waals surface area contributed by atoms with Gasteiger partial charge in [-0.2, -0.15) is 4.98 Å². The highest BCUT2D eigenvalue weighted by molar-refractivity contribution is 6.32. The molecule has 0 amide bonds. The van der Waals surface area contributed by atoms with Crippen molar-refractivity contribution in [1.29, 1.82) is 0 Å². The largest absolute Gasteiger partial charge is 0.573 e. The summed E-state index contributed by atoms with van der Waals surface area (Å²) < 4.78 is 41.3. The Balaban J connectivity index is 1.93. The molecule has 2 aromatic carbocycles. The summed E-state index contributed by atoms with van der Waals surface area (Å²) in [7, 11) is 0. The molecule has 32 heavy (non-hydrogen) atoms. The van der Waals surface area contributed by atoms with E-state index in [0.29, 0.717) is 23.1 Å². The molecular weight excluding hydrogens is 445 g/mol. The number of anilines is 3. The van der Waals surface area contributed by atoms with Gasteiger partial charge in [0, 0.05) is 17.3 Å². The smallest absolute Gasteiger partial charge is 0.404 e. The first-order chi connectivity index (χ1) is 15.1. The molecule has 0 bridgehead atoms. The van der Waals surface area contributed by atoms with Crippen molar-refractivity contribution in [3.63, 3.8) is 0 Å². The predicted molar refractivity (Wildman–Crippen MR) is 118 cm³/mol. The SMILES string of the molecule is CC(C)[C@@H](CO)Nc1nc(Nc2ccc(OC(F)(F)F)c(Cl)c2)cc(-c2ccccc2)n1. The van der Waals surface area contributed by atoms with Crippen LogP contribution in [-0.2, 0) is 0 Å². The van der Waals surface area contributed by atoms with Crippen molar-refractivity contribution >= 4 is 29.1 Å². The van der Waals surface area contributed by atoms with Gasteiger partial charge < -0.3 is 20.5 Å². The van der Waals surface area contributed by atoms with Crippen molar-refractivity contribution in [2.45, 2.75) is 26.3 Å². The third kappa shape index (κ3) is 6.48. The molecule has 0 saturated heterocycles. The summed E-state index contributed by atoms with van der Waals surface area (Å²) in [6, 6.07) is 14.7. The first kappa shape index (κ1) is 23.6. The Morgan fingerprint density at radius 1 is 1.06 bits per heavy atom. The first-order valence-electron chi connectivity index (χ1n) is 9.79. The number of halogens is 4. The molecule has 0 aliphatic rings. The molecule has 3 rings (SSSR count). The number of alkyl halides is 3. The van der Waals surface area contributed by atoms with Gasteiger partial charge in [0.05, 0.1) is 23.4 Å². The Morgan fingerprint density at radius 3 is 2.38 bits per heavy atom. The van der Waals surface area contributed by atoms with E-state index >= 15 is 0 Å². The first-order valence-corrected chi connectivity index (χ1v) is 10.2. The lowest BCUT2D eigenvalue weighted by Gasteiger charge is -2.21. The van der Waals surface area contributed by atoms with E-state index in [4.69, 9.17) is 11.6 Å². The summed E-state index contributed by atoms with van der Waals surface area (Å²) in [6.45, 7) is 3.82. The lowest BCUT2D eigenvalue weighted by Crippen LogP contribution is -2.30. The van der Waals surface area contributed by atoms with E-state index in [9.17, 15) is 18.3 Å². The van der Waals surface area contributed by atoms with E-state index < -0.39 is 12.1 Å². The number of hydrogen-bond acceptors (Lipinski definition) is 6. The third-order valence-corrected chi connectivity index (χ3v) is 4.84. The van der Waals surface area contributed by atoms with Crippen LogP contribution < -0.4 is 15.4 Å². The molecule has 170 valence electrons. The number of aliphatic hydroxyl groups is 1. The number of hydrogen-bond donors (Lipinski definition) is 3. The van der Waals surface area contributed by atoms with Crippen LogP contribution in [0.1, 0.15) is 13.8 Å². The Kier molecular flexibility index (Phi) is 7.42. The number of aliphatic hydroxyl groups excluding tert-OH is 1. The van der Waals surface area contributed by atoms with Crippen LogP contribution in [0, 0.1) is 5.92 Å². The summed E-state index contributed by atoms with van der Waals surface area (Å²) in [4.78, 5) is 8.98. The average molecular weight is 467 g/mol. The van der Waals surface area contributed by atoms with Crippen LogP contribution >= 0.6 is 11.6 Å². The third-order valence-electron chi connectivity index (χ3n) is 4.54. The van der Waals surface area contributed by atoms with Crippen LogP contribution in [0.5, 0.6) is 5.75 Å². The highest BCUT2D eigenvalue weighted by Gasteiger charge is 2.32. The van der Waals surface area contributed by atoms with Crippen molar-refractivity contribution in [2.75, 3.05) is 17.2 Å². The lowest BCUT2D eigenvalue weighted by molar-refractivity contribution is -0.274. The van der Waals surface area contributed by atoms with Crippen molar-refractivity contribution < 1.29 is 23.0 Å². The molecule has 6 nitrogen and oxygen atoms in total. The number of aromatic nitrogens is 2. The van der Waals surface area contributed by atoms with E-state index in [-0.39, 0.29) is 23.6 Å². The standard InChI is InChI=1S/C22H22ClF3N4O2/c1-13(2)18(12-31)29-21-28-17(14-6-4-3-5-7-14)11-20(30-21)27-15-8-9-19(16(23)10-15)32-22(24,25)26/h3-11,13,18,31H,12H2,1-2H3,(H2,27,28,29,30)/t18-/m1/s1. The van der Waals surface area contributed by atoms with E-state index in [1.807, 2.05) is 44.2 Å². The van der Waals surface area contributed by atoms with Crippen LogP contribution in [0.15, 0.2) is 54.6 Å². The highest BCUT2D eigenvalue weighted by Crippen LogP contribution is 2.33. The average Bonchev–Trinajstić information content (AvgIpc) is 2.73. The van der Waals surface area contributed by atoms with Gasteiger partial charge in [-0.3, -0.25) is 0 Å². The van der Waals surface area contributed by atoms with E-state index in [2.05, 4.69) is 25.3 Å². The molecule has 0 spiro atoms. The molecule has 1 aromatic heterocycles. The van der Waals surface area contributed by atoms with Crippen molar-refractivity contribution in [3.05, 3.63) is 59.6 Å². The summed E-state index contributed by atoms with van der Waals surface area (Å²) in [5, 5.41) is 15.6. The maximum absolute atomic E-state index is 12.5. The van der Waals surface area contributed by atoms with Gasteiger partial charge in [0.1, 0.15) is 11.6 Å². The van der Waals surface area contributed by atoms with Crippen LogP contribution in [0.25, 0.3) is 11.3 Å². The number of ether oxygens (including phenoxy) is 1. The number of rotatable bonds is 8. The number of nitrogens with one attached hydrogen (secondary N) is 2. The van der Waals surface area contributed by atoms with Crippen molar-refractivity contribution in [1.82, 2.24) is 9.97 Å². The lowest BCUT2D eigenvalue weighted by atomic mass is 10.1. The zero-order valence-electron chi connectivity index (χ0n) is 17.3. The monoisotopic (exact) mass is 466 g/mol. The Morgan fingerprint density at radius 2 is 1.78 bits per heavy atom. The van der Waals surface area contributed by atoms with Crippen LogP contribution in [0.3, 0.4) is 0 Å². The van der Waals surface area contributed by atoms with E-state index in [0.717, 1.165) is 11.6 Å². The quantitative estimate of drug-likeness (QED) is 0.385. The Bertz CT molecular complexity index is 1050. The predicted octanol–water partition coefficient (Wildman–Crippen LogP) is 5.87. The second-order valence-corrected chi connectivity index (χ2v) is 7.73. The van der Waals surface area contributed by atoms with Gasteiger partial charge >= 0.3 is 6.36 Å². The second-order valence-electron chi connectivity index (χ2n) is 7.32. The zero-order valence-corrected chi connectivity index (χ0v) is 18.1. The van der Waals surface area contributed by atoms with Gasteiger partial charge in [0.25, 0.3) is 0 Å².